The number of aliphatic imine (C=N–C) groups is 1. The molecule has 1 aliphatic heterocycles. The molecule has 164 valence electrons. The van der Waals surface area contributed by atoms with E-state index >= 15 is 0 Å². The van der Waals surface area contributed by atoms with Gasteiger partial charge in [-0.25, -0.2) is 4.98 Å². The van der Waals surface area contributed by atoms with Crippen LogP contribution in [0.15, 0.2) is 32.5 Å². The summed E-state index contributed by atoms with van der Waals surface area (Å²) in [6.45, 7) is 10.8. The van der Waals surface area contributed by atoms with Crippen LogP contribution in [-0.2, 0) is 13.1 Å². The Morgan fingerprint density at radius 1 is 1.23 bits per heavy atom. The van der Waals surface area contributed by atoms with Gasteiger partial charge >= 0.3 is 0 Å². The van der Waals surface area contributed by atoms with Gasteiger partial charge in [-0.2, -0.15) is 0 Å². The molecular weight excluding hydrogens is 394 g/mol. The maximum atomic E-state index is 5.73. The van der Waals surface area contributed by atoms with Crippen molar-refractivity contribution in [3.8, 4) is 0 Å². The van der Waals surface area contributed by atoms with Crippen LogP contribution in [-0.4, -0.2) is 48.8 Å². The molecule has 0 atom stereocenters. The van der Waals surface area contributed by atoms with E-state index in [4.69, 9.17) is 4.42 Å². The first-order chi connectivity index (χ1) is 14.5. The highest BCUT2D eigenvalue weighted by molar-refractivity contribution is 7.98. The third kappa shape index (κ3) is 6.25. The summed E-state index contributed by atoms with van der Waals surface area (Å²) in [7, 11) is 1.84. The number of guanidine groups is 1. The van der Waals surface area contributed by atoms with Gasteiger partial charge < -0.3 is 15.1 Å². The molecule has 0 spiro atoms. The maximum absolute atomic E-state index is 5.73. The van der Waals surface area contributed by atoms with E-state index < -0.39 is 0 Å². The Labute approximate surface area is 184 Å². The third-order valence-electron chi connectivity index (χ3n) is 5.81. The minimum Gasteiger partial charge on any atom is -0.444 e. The average molecular weight is 430 g/mol. The predicted molar refractivity (Wildman–Crippen MR) is 125 cm³/mol. The first-order valence-corrected chi connectivity index (χ1v) is 11.9. The Balaban J connectivity index is 1.40. The van der Waals surface area contributed by atoms with Crippen molar-refractivity contribution in [3.63, 3.8) is 0 Å². The fourth-order valence-corrected chi connectivity index (χ4v) is 4.49. The highest BCUT2D eigenvalue weighted by atomic mass is 32.2. The standard InChI is InChI=1S/C23H35N5OS/c1-16-6-7-20(21(12-16)30-5)14-26-23(24-4)25-13-19-8-10-28(11-9-19)15-22-27-17(2)18(3)29-22/h6-7,12,19H,8-11,13-15H2,1-5H3,(H2,24,25,26). The van der Waals surface area contributed by atoms with Crippen molar-refractivity contribution in [2.75, 3.05) is 32.9 Å². The second-order valence-corrected chi connectivity index (χ2v) is 8.94. The van der Waals surface area contributed by atoms with Crippen LogP contribution in [0.5, 0.6) is 0 Å². The summed E-state index contributed by atoms with van der Waals surface area (Å²) in [4.78, 5) is 12.7. The number of nitrogens with one attached hydrogen (secondary N) is 2. The zero-order valence-electron chi connectivity index (χ0n) is 18.9. The molecule has 1 aliphatic rings. The van der Waals surface area contributed by atoms with Gasteiger partial charge in [-0.15, -0.1) is 11.8 Å². The van der Waals surface area contributed by atoms with Gasteiger partial charge in [0.1, 0.15) is 5.76 Å². The quantitative estimate of drug-likeness (QED) is 0.395. The zero-order valence-corrected chi connectivity index (χ0v) is 19.7. The highest BCUT2D eigenvalue weighted by Crippen LogP contribution is 2.22. The van der Waals surface area contributed by atoms with Gasteiger partial charge in [0.05, 0.1) is 12.2 Å². The lowest BCUT2D eigenvalue weighted by Gasteiger charge is -2.31. The van der Waals surface area contributed by atoms with Crippen molar-refractivity contribution in [3.05, 3.63) is 46.7 Å². The molecule has 0 unspecified atom stereocenters. The van der Waals surface area contributed by atoms with Gasteiger partial charge in [0.25, 0.3) is 0 Å². The summed E-state index contributed by atoms with van der Waals surface area (Å²) < 4.78 is 5.73. The average Bonchev–Trinajstić information content (AvgIpc) is 3.06. The van der Waals surface area contributed by atoms with E-state index in [0.717, 1.165) is 56.0 Å². The molecule has 1 saturated heterocycles. The van der Waals surface area contributed by atoms with Gasteiger partial charge in [-0.3, -0.25) is 9.89 Å². The number of hydrogen-bond acceptors (Lipinski definition) is 5. The molecule has 1 aromatic heterocycles. The summed E-state index contributed by atoms with van der Waals surface area (Å²) in [6, 6.07) is 6.61. The minimum atomic E-state index is 0.661. The Morgan fingerprint density at radius 2 is 2.00 bits per heavy atom. The summed E-state index contributed by atoms with van der Waals surface area (Å²) in [5.41, 5.74) is 3.60. The molecule has 0 radical (unpaired) electrons. The van der Waals surface area contributed by atoms with Crippen molar-refractivity contribution in [2.24, 2.45) is 10.9 Å². The van der Waals surface area contributed by atoms with E-state index in [1.807, 2.05) is 20.9 Å². The summed E-state index contributed by atoms with van der Waals surface area (Å²) in [6.07, 6.45) is 4.48. The molecular formula is C23H35N5OS. The Hall–Kier alpha value is -1.99. The number of hydrogen-bond donors (Lipinski definition) is 2. The van der Waals surface area contributed by atoms with Crippen molar-refractivity contribution < 1.29 is 4.42 Å². The molecule has 2 N–H and O–H groups in total. The van der Waals surface area contributed by atoms with E-state index in [9.17, 15) is 0 Å². The lowest BCUT2D eigenvalue weighted by Crippen LogP contribution is -2.42. The number of piperidine rings is 1. The number of aromatic nitrogens is 1. The van der Waals surface area contributed by atoms with Gasteiger partial charge in [0.2, 0.25) is 5.89 Å². The molecule has 1 aromatic carbocycles. The van der Waals surface area contributed by atoms with Gasteiger partial charge in [-0.05, 0) is 76.1 Å². The molecule has 3 rings (SSSR count). The second kappa shape index (κ2) is 10.9. The van der Waals surface area contributed by atoms with Crippen LogP contribution in [0.25, 0.3) is 0 Å². The van der Waals surface area contributed by atoms with E-state index in [-0.39, 0.29) is 0 Å². The van der Waals surface area contributed by atoms with E-state index in [2.05, 4.69) is 56.9 Å². The summed E-state index contributed by atoms with van der Waals surface area (Å²) in [5, 5.41) is 6.98. The first kappa shape index (κ1) is 22.7. The largest absolute Gasteiger partial charge is 0.444 e. The summed E-state index contributed by atoms with van der Waals surface area (Å²) >= 11 is 1.79. The van der Waals surface area contributed by atoms with E-state index in [1.165, 1.54) is 28.9 Å². The number of rotatable bonds is 7. The molecule has 30 heavy (non-hydrogen) atoms. The number of aryl methyl sites for hydroxylation is 3. The Kier molecular flexibility index (Phi) is 8.22. The molecule has 6 nitrogen and oxygen atoms in total. The Bertz CT molecular complexity index is 836. The number of oxazole rings is 1. The van der Waals surface area contributed by atoms with Crippen molar-refractivity contribution in [1.82, 2.24) is 20.5 Å². The molecule has 0 bridgehead atoms. The van der Waals surface area contributed by atoms with Crippen molar-refractivity contribution in [2.45, 2.75) is 51.6 Å². The van der Waals surface area contributed by atoms with E-state index in [0.29, 0.717) is 5.92 Å². The van der Waals surface area contributed by atoms with Crippen LogP contribution < -0.4 is 10.6 Å². The van der Waals surface area contributed by atoms with Crippen molar-refractivity contribution >= 4 is 17.7 Å². The molecule has 0 aliphatic carbocycles. The van der Waals surface area contributed by atoms with E-state index in [1.54, 1.807) is 11.8 Å². The van der Waals surface area contributed by atoms with Crippen LogP contribution in [0.3, 0.4) is 0 Å². The Morgan fingerprint density at radius 3 is 2.63 bits per heavy atom. The third-order valence-corrected chi connectivity index (χ3v) is 6.63. The zero-order chi connectivity index (χ0) is 21.5. The first-order valence-electron chi connectivity index (χ1n) is 10.7. The summed E-state index contributed by atoms with van der Waals surface area (Å²) in [5.74, 6) is 3.30. The smallest absolute Gasteiger partial charge is 0.208 e. The molecule has 0 saturated carbocycles. The SMILES string of the molecule is CN=C(NCc1ccc(C)cc1SC)NCC1CCN(Cc2nc(C)c(C)o2)CC1. The van der Waals surface area contributed by atoms with Crippen LogP contribution >= 0.6 is 11.8 Å². The normalized spacial score (nSPS) is 16.1. The topological polar surface area (TPSA) is 65.7 Å². The maximum Gasteiger partial charge on any atom is 0.208 e. The van der Waals surface area contributed by atoms with Crippen LogP contribution in [0.2, 0.25) is 0 Å². The predicted octanol–water partition coefficient (Wildman–Crippen LogP) is 3.90. The fraction of sp³-hybridized carbons (Fsp3) is 0.565. The van der Waals surface area contributed by atoms with Gasteiger partial charge in [0, 0.05) is 25.0 Å². The highest BCUT2D eigenvalue weighted by Gasteiger charge is 2.21. The number of benzene rings is 1. The molecule has 2 heterocycles. The lowest BCUT2D eigenvalue weighted by molar-refractivity contribution is 0.164. The van der Waals surface area contributed by atoms with Crippen LogP contribution in [0.4, 0.5) is 0 Å². The number of thioether (sulfide) groups is 1. The number of nitrogens with zero attached hydrogens (tertiary/aromatic N) is 3. The lowest BCUT2D eigenvalue weighted by atomic mass is 9.97. The van der Waals surface area contributed by atoms with Crippen LogP contribution in [0, 0.1) is 26.7 Å². The van der Waals surface area contributed by atoms with Crippen molar-refractivity contribution in [1.29, 1.82) is 0 Å². The molecule has 2 aromatic rings. The van der Waals surface area contributed by atoms with Gasteiger partial charge in [0.15, 0.2) is 5.96 Å². The molecule has 1 fully saturated rings. The second-order valence-electron chi connectivity index (χ2n) is 8.09. The monoisotopic (exact) mass is 429 g/mol. The molecule has 7 heteroatoms. The fourth-order valence-electron chi connectivity index (χ4n) is 3.79. The number of likely N-dealkylation sites (tertiary alicyclic amines) is 1. The minimum absolute atomic E-state index is 0.661. The van der Waals surface area contributed by atoms with Gasteiger partial charge in [-0.1, -0.05) is 12.1 Å². The molecule has 0 amide bonds. The van der Waals surface area contributed by atoms with Crippen LogP contribution in [0.1, 0.15) is 41.3 Å².